The van der Waals surface area contributed by atoms with Crippen molar-refractivity contribution in [2.45, 2.75) is 38.5 Å². The molecule has 0 saturated heterocycles. The third-order valence-corrected chi connectivity index (χ3v) is 6.06. The van der Waals surface area contributed by atoms with Crippen molar-refractivity contribution in [2.24, 2.45) is 0 Å². The molecule has 100 valence electrons. The summed E-state index contributed by atoms with van der Waals surface area (Å²) in [6.45, 7) is 5.80. The lowest BCUT2D eigenvalue weighted by Crippen LogP contribution is -2.37. The Morgan fingerprint density at radius 2 is 2.06 bits per heavy atom. The number of nitrogens with zero attached hydrogens (tertiary/aromatic N) is 1. The van der Waals surface area contributed by atoms with Crippen molar-refractivity contribution in [2.75, 3.05) is 12.0 Å². The minimum atomic E-state index is -0.839. The summed E-state index contributed by atoms with van der Waals surface area (Å²) in [7, 11) is 3.05. The topological polar surface area (TPSA) is 40.5 Å². The molecular formula is C10H19NO2S4. The van der Waals surface area contributed by atoms with E-state index in [9.17, 15) is 4.79 Å². The smallest absolute Gasteiger partial charge is 0.327 e. The lowest BCUT2D eigenvalue weighted by molar-refractivity contribution is -0.139. The third kappa shape index (κ3) is 6.79. The Bertz CT molecular complexity index is 263. The molecule has 0 rings (SSSR count). The van der Waals surface area contributed by atoms with Crippen molar-refractivity contribution in [3.8, 4) is 0 Å². The van der Waals surface area contributed by atoms with Gasteiger partial charge in [-0.15, -0.1) is 0 Å². The molecule has 3 nitrogen and oxygen atoms in total. The van der Waals surface area contributed by atoms with Crippen molar-refractivity contribution in [3.05, 3.63) is 0 Å². The predicted octanol–water partition coefficient (Wildman–Crippen LogP) is 3.55. The number of aliphatic carboxylic acids is 1. The first-order valence-electron chi connectivity index (χ1n) is 5.31. The summed E-state index contributed by atoms with van der Waals surface area (Å²) in [4.78, 5) is 11.8. The Morgan fingerprint density at radius 3 is 2.47 bits per heavy atom. The van der Waals surface area contributed by atoms with Gasteiger partial charge in [0.25, 0.3) is 0 Å². The van der Waals surface area contributed by atoms with Gasteiger partial charge in [-0.2, -0.15) is 11.8 Å². The second-order valence-electron chi connectivity index (χ2n) is 3.47. The van der Waals surface area contributed by atoms with Crippen LogP contribution in [0.1, 0.15) is 27.2 Å². The lowest BCUT2D eigenvalue weighted by atomic mass is 10.3. The van der Waals surface area contributed by atoms with Crippen molar-refractivity contribution in [1.82, 2.24) is 4.31 Å². The molecule has 0 radical (unpaired) electrons. The molecular weight excluding hydrogens is 294 g/mol. The highest BCUT2D eigenvalue weighted by molar-refractivity contribution is 8.76. The van der Waals surface area contributed by atoms with Crippen LogP contribution in [0.4, 0.5) is 0 Å². The second kappa shape index (κ2) is 9.35. The van der Waals surface area contributed by atoms with Crippen LogP contribution in [0.25, 0.3) is 0 Å². The first-order valence-corrected chi connectivity index (χ1v) is 9.28. The molecule has 7 heteroatoms. The highest BCUT2D eigenvalue weighted by Crippen LogP contribution is 2.30. The first-order chi connectivity index (χ1) is 7.93. The van der Waals surface area contributed by atoms with Crippen molar-refractivity contribution >= 4 is 56.7 Å². The number of carboxylic acid groups (broad SMARTS) is 1. The summed E-state index contributed by atoms with van der Waals surface area (Å²) in [6.07, 6.45) is 2.78. The molecule has 0 aromatic heterocycles. The van der Waals surface area contributed by atoms with Crippen LogP contribution < -0.4 is 0 Å². The number of hydrogen-bond acceptors (Lipinski definition) is 5. The Labute approximate surface area is 121 Å². The van der Waals surface area contributed by atoms with Gasteiger partial charge in [0.05, 0.1) is 4.99 Å². The predicted molar refractivity (Wildman–Crippen MR) is 84.9 cm³/mol. The van der Waals surface area contributed by atoms with Gasteiger partial charge in [-0.25, -0.2) is 4.79 Å². The summed E-state index contributed by atoms with van der Waals surface area (Å²) in [5.74, 6) is 0.0853. The van der Waals surface area contributed by atoms with E-state index in [-0.39, 0.29) is 0 Å². The van der Waals surface area contributed by atoms with Crippen molar-refractivity contribution in [1.29, 1.82) is 0 Å². The highest BCUT2D eigenvalue weighted by atomic mass is 33.1. The molecule has 0 amide bonds. The monoisotopic (exact) mass is 313 g/mol. The SMILES string of the molecule is CCSSN(C(=S)CC(C)SC)[C@@H](C)C(=O)O. The van der Waals surface area contributed by atoms with E-state index in [0.717, 1.165) is 12.2 Å². The zero-order chi connectivity index (χ0) is 13.4. The fourth-order valence-electron chi connectivity index (χ4n) is 0.951. The number of carbonyl (C=O) groups is 1. The molecule has 0 saturated carbocycles. The average molecular weight is 314 g/mol. The van der Waals surface area contributed by atoms with Crippen LogP contribution in [-0.4, -0.2) is 43.7 Å². The molecule has 0 aliphatic carbocycles. The Hall–Kier alpha value is 0.410. The van der Waals surface area contributed by atoms with Crippen LogP contribution in [0.2, 0.25) is 0 Å². The molecule has 1 unspecified atom stereocenters. The minimum absolute atomic E-state index is 0.415. The zero-order valence-corrected chi connectivity index (χ0v) is 13.8. The van der Waals surface area contributed by atoms with Gasteiger partial charge in [0.1, 0.15) is 6.04 Å². The van der Waals surface area contributed by atoms with Crippen molar-refractivity contribution in [3.63, 3.8) is 0 Å². The van der Waals surface area contributed by atoms with Gasteiger partial charge in [0.15, 0.2) is 0 Å². The zero-order valence-electron chi connectivity index (χ0n) is 10.5. The minimum Gasteiger partial charge on any atom is -0.480 e. The van der Waals surface area contributed by atoms with E-state index in [1.54, 1.807) is 33.8 Å². The fraction of sp³-hybridized carbons (Fsp3) is 0.800. The van der Waals surface area contributed by atoms with Crippen LogP contribution in [0, 0.1) is 0 Å². The molecule has 0 heterocycles. The first kappa shape index (κ1) is 17.4. The van der Waals surface area contributed by atoms with Gasteiger partial charge >= 0.3 is 5.97 Å². The Balaban J connectivity index is 4.55. The third-order valence-electron chi connectivity index (χ3n) is 2.07. The average Bonchev–Trinajstić information content (AvgIpc) is 2.28. The normalized spacial score (nSPS) is 14.1. The molecule has 0 aliphatic heterocycles. The molecule has 0 spiro atoms. The number of rotatable bonds is 8. The maximum absolute atomic E-state index is 11.0. The Morgan fingerprint density at radius 1 is 1.47 bits per heavy atom. The summed E-state index contributed by atoms with van der Waals surface area (Å²) in [5, 5.41) is 9.48. The van der Waals surface area contributed by atoms with E-state index in [1.807, 2.05) is 13.2 Å². The fourth-order valence-corrected chi connectivity index (χ4v) is 3.95. The summed E-state index contributed by atoms with van der Waals surface area (Å²) >= 11 is 7.08. The van der Waals surface area contributed by atoms with Crippen LogP contribution in [0.3, 0.4) is 0 Å². The van der Waals surface area contributed by atoms with Gasteiger partial charge in [-0.3, -0.25) is 4.31 Å². The van der Waals surface area contributed by atoms with E-state index in [1.165, 1.54) is 11.0 Å². The molecule has 1 N–H and O–H groups in total. The van der Waals surface area contributed by atoms with Gasteiger partial charge in [0, 0.05) is 28.4 Å². The lowest BCUT2D eigenvalue weighted by Gasteiger charge is -2.27. The van der Waals surface area contributed by atoms with E-state index in [0.29, 0.717) is 10.2 Å². The largest absolute Gasteiger partial charge is 0.480 e. The molecule has 0 aliphatic rings. The van der Waals surface area contributed by atoms with Gasteiger partial charge in [0.2, 0.25) is 0 Å². The molecule has 17 heavy (non-hydrogen) atoms. The molecule has 0 bridgehead atoms. The Kier molecular flexibility index (Phi) is 9.58. The number of thioether (sulfide) groups is 1. The number of hydrogen-bond donors (Lipinski definition) is 1. The van der Waals surface area contributed by atoms with E-state index in [2.05, 4.69) is 6.92 Å². The molecule has 0 fully saturated rings. The van der Waals surface area contributed by atoms with Gasteiger partial charge in [-0.05, 0) is 13.2 Å². The van der Waals surface area contributed by atoms with Crippen LogP contribution in [0.5, 0.6) is 0 Å². The van der Waals surface area contributed by atoms with E-state index in [4.69, 9.17) is 17.3 Å². The maximum atomic E-state index is 11.0. The molecule has 0 aromatic carbocycles. The summed E-state index contributed by atoms with van der Waals surface area (Å²) in [6, 6.07) is -0.583. The van der Waals surface area contributed by atoms with Gasteiger partial charge in [-0.1, -0.05) is 36.9 Å². The summed E-state index contributed by atoms with van der Waals surface area (Å²) < 4.78 is 1.73. The van der Waals surface area contributed by atoms with E-state index >= 15 is 0 Å². The highest BCUT2D eigenvalue weighted by Gasteiger charge is 2.24. The van der Waals surface area contributed by atoms with E-state index < -0.39 is 12.0 Å². The second-order valence-corrected chi connectivity index (χ2v) is 7.72. The quantitative estimate of drug-likeness (QED) is 0.417. The summed E-state index contributed by atoms with van der Waals surface area (Å²) in [5.41, 5.74) is 0. The molecule has 0 aromatic rings. The van der Waals surface area contributed by atoms with Gasteiger partial charge < -0.3 is 5.11 Å². The molecule has 2 atom stereocenters. The number of carboxylic acids is 1. The van der Waals surface area contributed by atoms with Crippen molar-refractivity contribution < 1.29 is 9.90 Å². The van der Waals surface area contributed by atoms with Crippen LogP contribution in [0.15, 0.2) is 0 Å². The standard InChI is InChI=1S/C10H19NO2S4/c1-5-16-17-11(8(3)10(12)13)9(14)6-7(2)15-4/h7-8H,5-6H2,1-4H3,(H,12,13)/t7?,8-/m0/s1. The number of thiocarbonyl (C=S) groups is 1. The maximum Gasteiger partial charge on any atom is 0.327 e. The van der Waals surface area contributed by atoms with Crippen LogP contribution in [-0.2, 0) is 4.79 Å². The van der Waals surface area contributed by atoms with Crippen LogP contribution >= 0.6 is 45.8 Å².